The number of carbonyl (C=O) groups is 1. The Balaban J connectivity index is 2.66. The van der Waals surface area contributed by atoms with Gasteiger partial charge in [0.1, 0.15) is 6.29 Å². The fraction of sp³-hybridized carbons (Fsp3) is 0.417. The van der Waals surface area contributed by atoms with Gasteiger partial charge in [-0.3, -0.25) is 14.9 Å². The van der Waals surface area contributed by atoms with Gasteiger partial charge in [-0.2, -0.15) is 0 Å². The minimum absolute atomic E-state index is 0.112. The monoisotopic (exact) mass is 253 g/mol. The summed E-state index contributed by atoms with van der Waals surface area (Å²) < 4.78 is 10.4. The van der Waals surface area contributed by atoms with E-state index in [0.29, 0.717) is 38.1 Å². The van der Waals surface area contributed by atoms with Gasteiger partial charge < -0.3 is 9.47 Å². The molecule has 0 aromatic heterocycles. The molecular formula is C12H15NO5. The molecule has 0 saturated carbocycles. The van der Waals surface area contributed by atoms with Gasteiger partial charge in [0, 0.05) is 31.3 Å². The number of nitro benzene ring substituents is 1. The number of ether oxygens (including phenoxy) is 2. The van der Waals surface area contributed by atoms with Crippen LogP contribution < -0.4 is 4.74 Å². The largest absolute Gasteiger partial charge is 0.487 e. The van der Waals surface area contributed by atoms with Crippen LogP contribution in [-0.4, -0.2) is 31.0 Å². The average molecular weight is 253 g/mol. The third-order valence-corrected chi connectivity index (χ3v) is 2.21. The average Bonchev–Trinajstić information content (AvgIpc) is 2.38. The van der Waals surface area contributed by atoms with Crippen LogP contribution in [0.5, 0.6) is 5.75 Å². The lowest BCUT2D eigenvalue weighted by atomic mass is 10.2. The van der Waals surface area contributed by atoms with Gasteiger partial charge in [-0.25, -0.2) is 0 Å². The number of nitro groups is 1. The summed E-state index contributed by atoms with van der Waals surface area (Å²) in [6, 6.07) is 4.02. The van der Waals surface area contributed by atoms with Crippen molar-refractivity contribution in [2.75, 3.05) is 19.8 Å². The summed E-state index contributed by atoms with van der Waals surface area (Å²) in [7, 11) is 0. The second kappa shape index (κ2) is 7.39. The van der Waals surface area contributed by atoms with Crippen LogP contribution in [0.4, 0.5) is 5.69 Å². The number of rotatable bonds is 8. The Hall–Kier alpha value is -1.95. The third kappa shape index (κ3) is 4.14. The SMILES string of the molecule is CCOCCCOc1cc(C=O)ccc1[N+](=O)[O-]. The van der Waals surface area contributed by atoms with Gasteiger partial charge in [0.2, 0.25) is 0 Å². The highest BCUT2D eigenvalue weighted by molar-refractivity contribution is 5.76. The van der Waals surface area contributed by atoms with Crippen molar-refractivity contribution in [1.29, 1.82) is 0 Å². The summed E-state index contributed by atoms with van der Waals surface area (Å²) >= 11 is 0. The van der Waals surface area contributed by atoms with Gasteiger partial charge in [0.25, 0.3) is 0 Å². The first kappa shape index (κ1) is 14.1. The molecule has 1 aromatic carbocycles. The molecule has 0 saturated heterocycles. The van der Waals surface area contributed by atoms with E-state index in [4.69, 9.17) is 9.47 Å². The van der Waals surface area contributed by atoms with E-state index in [-0.39, 0.29) is 11.4 Å². The second-order valence-corrected chi connectivity index (χ2v) is 3.50. The summed E-state index contributed by atoms with van der Waals surface area (Å²) in [5, 5.41) is 10.8. The molecule has 98 valence electrons. The number of benzene rings is 1. The van der Waals surface area contributed by atoms with Crippen LogP contribution in [0.25, 0.3) is 0 Å². The van der Waals surface area contributed by atoms with Crippen molar-refractivity contribution in [1.82, 2.24) is 0 Å². The first-order chi connectivity index (χ1) is 8.69. The predicted molar refractivity (Wildman–Crippen MR) is 65.1 cm³/mol. The maximum absolute atomic E-state index is 10.8. The van der Waals surface area contributed by atoms with Crippen molar-refractivity contribution >= 4 is 12.0 Å². The molecule has 1 aromatic rings. The molecule has 18 heavy (non-hydrogen) atoms. The second-order valence-electron chi connectivity index (χ2n) is 3.50. The third-order valence-electron chi connectivity index (χ3n) is 2.21. The molecule has 0 aliphatic rings. The minimum Gasteiger partial charge on any atom is -0.487 e. The molecule has 0 heterocycles. The highest BCUT2D eigenvalue weighted by atomic mass is 16.6. The minimum atomic E-state index is -0.535. The predicted octanol–water partition coefficient (Wildman–Crippen LogP) is 2.21. The highest BCUT2D eigenvalue weighted by Gasteiger charge is 2.15. The standard InChI is InChI=1S/C12H15NO5/c1-2-17-6-3-7-18-12-8-10(9-14)4-5-11(12)13(15)16/h4-5,8-9H,2-3,6-7H2,1H3. The lowest BCUT2D eigenvalue weighted by Gasteiger charge is -2.07. The van der Waals surface area contributed by atoms with E-state index in [9.17, 15) is 14.9 Å². The van der Waals surface area contributed by atoms with Gasteiger partial charge in [-0.05, 0) is 19.1 Å². The molecule has 0 bridgehead atoms. The Morgan fingerprint density at radius 3 is 2.78 bits per heavy atom. The van der Waals surface area contributed by atoms with Crippen LogP contribution in [0.3, 0.4) is 0 Å². The Labute approximate surface area is 105 Å². The van der Waals surface area contributed by atoms with Crippen molar-refractivity contribution in [2.24, 2.45) is 0 Å². The molecular weight excluding hydrogens is 238 g/mol. The van der Waals surface area contributed by atoms with E-state index in [1.54, 1.807) is 0 Å². The van der Waals surface area contributed by atoms with Crippen molar-refractivity contribution in [2.45, 2.75) is 13.3 Å². The van der Waals surface area contributed by atoms with Crippen molar-refractivity contribution in [3.63, 3.8) is 0 Å². The summed E-state index contributed by atoms with van der Waals surface area (Å²) in [5.41, 5.74) is 0.206. The molecule has 0 aliphatic carbocycles. The Bertz CT molecular complexity index is 419. The summed E-state index contributed by atoms with van der Waals surface area (Å²) in [4.78, 5) is 20.8. The van der Waals surface area contributed by atoms with Crippen LogP contribution in [0, 0.1) is 10.1 Å². The zero-order chi connectivity index (χ0) is 13.4. The van der Waals surface area contributed by atoms with Gasteiger partial charge in [0.05, 0.1) is 11.5 Å². The van der Waals surface area contributed by atoms with E-state index in [2.05, 4.69) is 0 Å². The molecule has 0 radical (unpaired) electrons. The van der Waals surface area contributed by atoms with E-state index >= 15 is 0 Å². The van der Waals surface area contributed by atoms with Crippen LogP contribution in [0.1, 0.15) is 23.7 Å². The molecule has 0 aliphatic heterocycles. The van der Waals surface area contributed by atoms with Crippen LogP contribution in [0.15, 0.2) is 18.2 Å². The number of nitrogens with zero attached hydrogens (tertiary/aromatic N) is 1. The normalized spacial score (nSPS) is 10.1. The Kier molecular flexibility index (Phi) is 5.79. The van der Waals surface area contributed by atoms with Gasteiger partial charge in [-0.1, -0.05) is 0 Å². The summed E-state index contributed by atoms with van der Waals surface area (Å²) in [6.45, 7) is 3.36. The van der Waals surface area contributed by atoms with Crippen molar-refractivity contribution in [3.8, 4) is 5.75 Å². The molecule has 0 spiro atoms. The Morgan fingerprint density at radius 2 is 2.17 bits per heavy atom. The maximum atomic E-state index is 10.8. The maximum Gasteiger partial charge on any atom is 0.310 e. The fourth-order valence-electron chi connectivity index (χ4n) is 1.36. The number of hydrogen-bond donors (Lipinski definition) is 0. The molecule has 0 N–H and O–H groups in total. The summed E-state index contributed by atoms with van der Waals surface area (Å²) in [6.07, 6.45) is 1.26. The quantitative estimate of drug-likeness (QED) is 0.307. The summed E-state index contributed by atoms with van der Waals surface area (Å²) in [5.74, 6) is 0.112. The molecule has 6 heteroatoms. The molecule has 0 unspecified atom stereocenters. The van der Waals surface area contributed by atoms with E-state index < -0.39 is 4.92 Å². The highest BCUT2D eigenvalue weighted by Crippen LogP contribution is 2.27. The van der Waals surface area contributed by atoms with Crippen LogP contribution in [0.2, 0.25) is 0 Å². The number of hydrogen-bond acceptors (Lipinski definition) is 5. The van der Waals surface area contributed by atoms with E-state index in [1.165, 1.54) is 18.2 Å². The van der Waals surface area contributed by atoms with Crippen LogP contribution in [-0.2, 0) is 4.74 Å². The van der Waals surface area contributed by atoms with Crippen LogP contribution >= 0.6 is 0 Å². The van der Waals surface area contributed by atoms with Gasteiger partial charge >= 0.3 is 5.69 Å². The Morgan fingerprint density at radius 1 is 1.39 bits per heavy atom. The molecule has 0 fully saturated rings. The first-order valence-corrected chi connectivity index (χ1v) is 5.63. The van der Waals surface area contributed by atoms with E-state index in [1.807, 2.05) is 6.92 Å². The lowest BCUT2D eigenvalue weighted by Crippen LogP contribution is -2.04. The zero-order valence-electron chi connectivity index (χ0n) is 10.1. The topological polar surface area (TPSA) is 78.7 Å². The lowest BCUT2D eigenvalue weighted by molar-refractivity contribution is -0.385. The first-order valence-electron chi connectivity index (χ1n) is 5.63. The van der Waals surface area contributed by atoms with Crippen molar-refractivity contribution in [3.05, 3.63) is 33.9 Å². The molecule has 0 amide bonds. The van der Waals surface area contributed by atoms with E-state index in [0.717, 1.165) is 0 Å². The number of carbonyl (C=O) groups excluding carboxylic acids is 1. The molecule has 6 nitrogen and oxygen atoms in total. The molecule has 1 rings (SSSR count). The molecule has 0 atom stereocenters. The van der Waals surface area contributed by atoms with Crippen molar-refractivity contribution < 1.29 is 19.2 Å². The zero-order valence-corrected chi connectivity index (χ0v) is 10.1. The van der Waals surface area contributed by atoms with Gasteiger partial charge in [0.15, 0.2) is 5.75 Å². The number of aldehydes is 1. The van der Waals surface area contributed by atoms with Gasteiger partial charge in [-0.15, -0.1) is 0 Å². The fourth-order valence-corrected chi connectivity index (χ4v) is 1.36. The smallest absolute Gasteiger partial charge is 0.310 e.